The van der Waals surface area contributed by atoms with Crippen LogP contribution in [0, 0.1) is 0 Å². The standard InChI is InChI=1S/C9H13F3N4/c1-3-5(2)15-8-14-4-6(7(13)16-8)9(10,11)12/h4-5H,3H2,1-2H3,(H3,13,14,15,16)/t5-/m0/s1. The van der Waals surface area contributed by atoms with E-state index in [1.165, 1.54) is 0 Å². The highest BCUT2D eigenvalue weighted by molar-refractivity contribution is 5.44. The SMILES string of the molecule is CC[C@H](C)Nc1ncc(C(F)(F)F)c(N)n1. The van der Waals surface area contributed by atoms with Gasteiger partial charge in [0.05, 0.1) is 0 Å². The van der Waals surface area contributed by atoms with Crippen LogP contribution in [0.1, 0.15) is 25.8 Å². The lowest BCUT2D eigenvalue weighted by atomic mass is 10.3. The Bertz CT molecular complexity index is 364. The third-order valence-corrected chi connectivity index (χ3v) is 2.11. The van der Waals surface area contributed by atoms with E-state index in [1.54, 1.807) is 0 Å². The zero-order valence-corrected chi connectivity index (χ0v) is 8.97. The van der Waals surface area contributed by atoms with Crippen LogP contribution in [-0.4, -0.2) is 16.0 Å². The van der Waals surface area contributed by atoms with E-state index in [0.717, 1.165) is 6.42 Å². The highest BCUT2D eigenvalue weighted by atomic mass is 19.4. The molecule has 4 nitrogen and oxygen atoms in total. The first kappa shape index (κ1) is 12.5. The summed E-state index contributed by atoms with van der Waals surface area (Å²) < 4.78 is 37.0. The summed E-state index contributed by atoms with van der Waals surface area (Å²) in [7, 11) is 0. The van der Waals surface area contributed by atoms with Gasteiger partial charge in [0, 0.05) is 12.2 Å². The van der Waals surface area contributed by atoms with Crippen molar-refractivity contribution in [3.05, 3.63) is 11.8 Å². The summed E-state index contributed by atoms with van der Waals surface area (Å²) in [6.45, 7) is 3.81. The second kappa shape index (κ2) is 4.54. The van der Waals surface area contributed by atoms with E-state index in [9.17, 15) is 13.2 Å². The van der Waals surface area contributed by atoms with E-state index < -0.39 is 17.6 Å². The molecule has 0 saturated heterocycles. The zero-order chi connectivity index (χ0) is 12.3. The predicted octanol–water partition coefficient (Wildman–Crippen LogP) is 2.29. The first-order valence-electron chi connectivity index (χ1n) is 4.80. The smallest absolute Gasteiger partial charge is 0.383 e. The van der Waals surface area contributed by atoms with Gasteiger partial charge in [0.1, 0.15) is 11.4 Å². The Kier molecular flexibility index (Phi) is 3.56. The molecule has 7 heteroatoms. The Morgan fingerprint density at radius 1 is 1.50 bits per heavy atom. The van der Waals surface area contributed by atoms with Crippen molar-refractivity contribution in [2.24, 2.45) is 0 Å². The molecule has 0 unspecified atom stereocenters. The summed E-state index contributed by atoms with van der Waals surface area (Å²) >= 11 is 0. The number of rotatable bonds is 3. The first-order valence-corrected chi connectivity index (χ1v) is 4.80. The number of aromatic nitrogens is 2. The van der Waals surface area contributed by atoms with E-state index in [2.05, 4.69) is 15.3 Å². The number of halogens is 3. The van der Waals surface area contributed by atoms with Gasteiger partial charge in [0.15, 0.2) is 0 Å². The second-order valence-corrected chi connectivity index (χ2v) is 3.44. The number of nitrogens with two attached hydrogens (primary N) is 1. The van der Waals surface area contributed by atoms with Gasteiger partial charge < -0.3 is 11.1 Å². The van der Waals surface area contributed by atoms with Crippen molar-refractivity contribution in [2.45, 2.75) is 32.5 Å². The Morgan fingerprint density at radius 2 is 2.12 bits per heavy atom. The van der Waals surface area contributed by atoms with E-state index >= 15 is 0 Å². The van der Waals surface area contributed by atoms with Crippen LogP contribution in [0.2, 0.25) is 0 Å². The van der Waals surface area contributed by atoms with Crippen molar-refractivity contribution in [1.82, 2.24) is 9.97 Å². The Morgan fingerprint density at radius 3 is 2.56 bits per heavy atom. The summed E-state index contributed by atoms with van der Waals surface area (Å²) in [6, 6.07) is 0.0798. The molecule has 0 bridgehead atoms. The topological polar surface area (TPSA) is 63.8 Å². The fourth-order valence-electron chi connectivity index (χ4n) is 1.01. The average Bonchev–Trinajstić information content (AvgIpc) is 2.15. The lowest BCUT2D eigenvalue weighted by Crippen LogP contribution is -2.18. The average molecular weight is 234 g/mol. The van der Waals surface area contributed by atoms with Gasteiger partial charge in [-0.15, -0.1) is 0 Å². The molecule has 0 saturated carbocycles. The number of nitrogens with zero attached hydrogens (tertiary/aromatic N) is 2. The minimum Gasteiger partial charge on any atom is -0.383 e. The number of nitrogen functional groups attached to an aromatic ring is 1. The van der Waals surface area contributed by atoms with Crippen molar-refractivity contribution in [3.63, 3.8) is 0 Å². The van der Waals surface area contributed by atoms with E-state index in [1.807, 2.05) is 13.8 Å². The molecular weight excluding hydrogens is 221 g/mol. The van der Waals surface area contributed by atoms with Gasteiger partial charge in [-0.25, -0.2) is 4.98 Å². The summed E-state index contributed by atoms with van der Waals surface area (Å²) in [4.78, 5) is 7.13. The molecule has 0 aromatic carbocycles. The fourth-order valence-corrected chi connectivity index (χ4v) is 1.01. The first-order chi connectivity index (χ1) is 7.34. The molecule has 90 valence electrons. The predicted molar refractivity (Wildman–Crippen MR) is 54.8 cm³/mol. The maximum atomic E-state index is 12.3. The second-order valence-electron chi connectivity index (χ2n) is 3.44. The van der Waals surface area contributed by atoms with Crippen molar-refractivity contribution in [2.75, 3.05) is 11.1 Å². The van der Waals surface area contributed by atoms with Crippen LogP contribution in [0.15, 0.2) is 6.20 Å². The lowest BCUT2D eigenvalue weighted by Gasteiger charge is -2.13. The summed E-state index contributed by atoms with van der Waals surface area (Å²) in [5, 5.41) is 2.84. The molecule has 1 atom stereocenters. The third-order valence-electron chi connectivity index (χ3n) is 2.11. The quantitative estimate of drug-likeness (QED) is 0.842. The van der Waals surface area contributed by atoms with Gasteiger partial charge in [-0.2, -0.15) is 18.2 Å². The van der Waals surface area contributed by atoms with Crippen LogP contribution in [0.5, 0.6) is 0 Å². The largest absolute Gasteiger partial charge is 0.421 e. The monoisotopic (exact) mass is 234 g/mol. The maximum Gasteiger partial charge on any atom is 0.421 e. The summed E-state index contributed by atoms with van der Waals surface area (Å²) in [5.41, 5.74) is 4.20. The molecule has 1 rings (SSSR count). The fraction of sp³-hybridized carbons (Fsp3) is 0.556. The Balaban J connectivity index is 2.91. The minimum atomic E-state index is -4.51. The van der Waals surface area contributed by atoms with E-state index in [-0.39, 0.29) is 12.0 Å². The number of hydrogen-bond acceptors (Lipinski definition) is 4. The molecule has 0 fully saturated rings. The number of hydrogen-bond donors (Lipinski definition) is 2. The highest BCUT2D eigenvalue weighted by Gasteiger charge is 2.34. The van der Waals surface area contributed by atoms with Gasteiger partial charge in [-0.1, -0.05) is 6.92 Å². The molecule has 0 aliphatic rings. The zero-order valence-electron chi connectivity index (χ0n) is 8.97. The molecule has 0 radical (unpaired) electrons. The van der Waals surface area contributed by atoms with E-state index in [4.69, 9.17) is 5.73 Å². The lowest BCUT2D eigenvalue weighted by molar-refractivity contribution is -0.137. The van der Waals surface area contributed by atoms with Crippen LogP contribution >= 0.6 is 0 Å². The van der Waals surface area contributed by atoms with Crippen molar-refractivity contribution < 1.29 is 13.2 Å². The van der Waals surface area contributed by atoms with Gasteiger partial charge in [-0.05, 0) is 13.3 Å². The van der Waals surface area contributed by atoms with Gasteiger partial charge in [0.25, 0.3) is 0 Å². The van der Waals surface area contributed by atoms with Crippen LogP contribution < -0.4 is 11.1 Å². The molecule has 16 heavy (non-hydrogen) atoms. The van der Waals surface area contributed by atoms with Gasteiger partial charge in [-0.3, -0.25) is 0 Å². The number of anilines is 2. The van der Waals surface area contributed by atoms with Crippen LogP contribution in [-0.2, 0) is 6.18 Å². The van der Waals surface area contributed by atoms with Crippen LogP contribution in [0.3, 0.4) is 0 Å². The van der Waals surface area contributed by atoms with Crippen molar-refractivity contribution >= 4 is 11.8 Å². The maximum absolute atomic E-state index is 12.3. The van der Waals surface area contributed by atoms with Gasteiger partial charge in [0.2, 0.25) is 5.95 Å². The minimum absolute atomic E-state index is 0.0798. The molecular formula is C9H13F3N4. The Labute approximate surface area is 91.1 Å². The molecule has 3 N–H and O–H groups in total. The molecule has 1 aromatic rings. The normalized spacial score (nSPS) is 13.6. The van der Waals surface area contributed by atoms with Crippen molar-refractivity contribution in [3.8, 4) is 0 Å². The van der Waals surface area contributed by atoms with Crippen LogP contribution in [0.25, 0.3) is 0 Å². The third kappa shape index (κ3) is 2.98. The van der Waals surface area contributed by atoms with E-state index in [0.29, 0.717) is 6.20 Å². The molecule has 0 amide bonds. The molecule has 0 aliphatic heterocycles. The number of alkyl halides is 3. The molecule has 1 heterocycles. The van der Waals surface area contributed by atoms with Gasteiger partial charge >= 0.3 is 6.18 Å². The number of nitrogens with one attached hydrogen (secondary N) is 1. The van der Waals surface area contributed by atoms with Crippen molar-refractivity contribution in [1.29, 1.82) is 0 Å². The summed E-state index contributed by atoms with van der Waals surface area (Å²) in [5.74, 6) is -0.451. The Hall–Kier alpha value is -1.53. The van der Waals surface area contributed by atoms with Crippen LogP contribution in [0.4, 0.5) is 24.9 Å². The summed E-state index contributed by atoms with van der Waals surface area (Å²) in [6.07, 6.45) is -3.02. The highest BCUT2D eigenvalue weighted by Crippen LogP contribution is 2.32. The molecule has 1 aromatic heterocycles. The molecule has 0 aliphatic carbocycles. The molecule has 0 spiro atoms.